The maximum atomic E-state index is 12.7. The maximum Gasteiger partial charge on any atom is 0.224 e. The first-order valence-electron chi connectivity index (χ1n) is 10.8. The van der Waals surface area contributed by atoms with Crippen LogP contribution in [-0.4, -0.2) is 45.4 Å². The van der Waals surface area contributed by atoms with E-state index in [1.54, 1.807) is 7.11 Å². The van der Waals surface area contributed by atoms with Crippen molar-refractivity contribution >= 4 is 27.5 Å². The van der Waals surface area contributed by atoms with Gasteiger partial charge in [-0.25, -0.2) is 0 Å². The van der Waals surface area contributed by atoms with Crippen LogP contribution in [0.4, 0.5) is 5.69 Å². The molecule has 2 aromatic rings. The van der Waals surface area contributed by atoms with Gasteiger partial charge in [0.1, 0.15) is 5.75 Å². The molecule has 0 radical (unpaired) electrons. The van der Waals surface area contributed by atoms with Crippen molar-refractivity contribution < 1.29 is 19.0 Å². The van der Waals surface area contributed by atoms with Gasteiger partial charge in [0.2, 0.25) is 5.91 Å². The standard InChI is InChI=1S/C24H31BrN2O4/c1-4-30-22-14-17(21(25)16-23(22)31-5-2)15-24(28)26-18-10-12-27(13-11-18)19-6-8-20(29-3)9-7-19/h6-9,14,16,18H,4-5,10-13,15H2,1-3H3,(H,26,28). The summed E-state index contributed by atoms with van der Waals surface area (Å²) in [6, 6.07) is 12.1. The highest BCUT2D eigenvalue weighted by Crippen LogP contribution is 2.34. The molecule has 1 N–H and O–H groups in total. The molecule has 0 unspecified atom stereocenters. The van der Waals surface area contributed by atoms with E-state index in [9.17, 15) is 4.79 Å². The average Bonchev–Trinajstić information content (AvgIpc) is 2.78. The van der Waals surface area contributed by atoms with Gasteiger partial charge in [0.15, 0.2) is 11.5 Å². The number of hydrogen-bond donors (Lipinski definition) is 1. The lowest BCUT2D eigenvalue weighted by molar-refractivity contribution is -0.121. The van der Waals surface area contributed by atoms with Gasteiger partial charge in [-0.15, -0.1) is 0 Å². The summed E-state index contributed by atoms with van der Waals surface area (Å²) >= 11 is 3.57. The molecule has 1 heterocycles. The Morgan fingerprint density at radius 3 is 2.26 bits per heavy atom. The molecule has 0 bridgehead atoms. The number of piperidine rings is 1. The zero-order valence-electron chi connectivity index (χ0n) is 18.4. The lowest BCUT2D eigenvalue weighted by atomic mass is 10.0. The van der Waals surface area contributed by atoms with Crippen molar-refractivity contribution in [1.29, 1.82) is 0 Å². The van der Waals surface area contributed by atoms with E-state index in [1.165, 1.54) is 5.69 Å². The smallest absolute Gasteiger partial charge is 0.224 e. The fourth-order valence-corrected chi connectivity index (χ4v) is 4.24. The second kappa shape index (κ2) is 11.3. The van der Waals surface area contributed by atoms with Crippen molar-refractivity contribution in [3.05, 3.63) is 46.4 Å². The van der Waals surface area contributed by atoms with Crippen molar-refractivity contribution in [2.24, 2.45) is 0 Å². The summed E-state index contributed by atoms with van der Waals surface area (Å²) in [5.41, 5.74) is 2.08. The number of nitrogens with one attached hydrogen (secondary N) is 1. The van der Waals surface area contributed by atoms with Crippen LogP contribution in [0.25, 0.3) is 0 Å². The Kier molecular flexibility index (Phi) is 8.46. The van der Waals surface area contributed by atoms with E-state index in [4.69, 9.17) is 14.2 Å². The van der Waals surface area contributed by atoms with Crippen LogP contribution in [0, 0.1) is 0 Å². The Balaban J connectivity index is 1.54. The van der Waals surface area contributed by atoms with E-state index in [1.807, 2.05) is 38.1 Å². The lowest BCUT2D eigenvalue weighted by Crippen LogP contribution is -2.45. The molecule has 1 fully saturated rings. The van der Waals surface area contributed by atoms with E-state index in [0.29, 0.717) is 31.1 Å². The lowest BCUT2D eigenvalue weighted by Gasteiger charge is -2.34. The highest BCUT2D eigenvalue weighted by atomic mass is 79.9. The first-order chi connectivity index (χ1) is 15.0. The second-order valence-corrected chi connectivity index (χ2v) is 8.31. The number of nitrogens with zero attached hydrogens (tertiary/aromatic N) is 1. The van der Waals surface area contributed by atoms with Crippen molar-refractivity contribution in [2.45, 2.75) is 39.2 Å². The summed E-state index contributed by atoms with van der Waals surface area (Å²) in [6.07, 6.45) is 2.14. The fourth-order valence-electron chi connectivity index (χ4n) is 3.78. The topological polar surface area (TPSA) is 60.0 Å². The van der Waals surface area contributed by atoms with Crippen LogP contribution in [0.15, 0.2) is 40.9 Å². The molecule has 6 nitrogen and oxygen atoms in total. The molecule has 7 heteroatoms. The van der Waals surface area contributed by atoms with Crippen molar-refractivity contribution in [3.63, 3.8) is 0 Å². The molecule has 0 atom stereocenters. The van der Waals surface area contributed by atoms with Crippen LogP contribution in [-0.2, 0) is 11.2 Å². The summed E-state index contributed by atoms with van der Waals surface area (Å²) in [4.78, 5) is 15.0. The van der Waals surface area contributed by atoms with Gasteiger partial charge in [0.25, 0.3) is 0 Å². The average molecular weight is 491 g/mol. The van der Waals surface area contributed by atoms with Crippen molar-refractivity contribution in [2.75, 3.05) is 38.3 Å². The van der Waals surface area contributed by atoms with E-state index in [-0.39, 0.29) is 11.9 Å². The van der Waals surface area contributed by atoms with Crippen LogP contribution in [0.1, 0.15) is 32.3 Å². The zero-order valence-corrected chi connectivity index (χ0v) is 20.0. The summed E-state index contributed by atoms with van der Waals surface area (Å²) in [7, 11) is 1.67. The highest BCUT2D eigenvalue weighted by molar-refractivity contribution is 9.10. The Hall–Kier alpha value is -2.41. The third-order valence-corrected chi connectivity index (χ3v) is 6.10. The summed E-state index contributed by atoms with van der Waals surface area (Å²) in [5, 5.41) is 3.20. The fraction of sp³-hybridized carbons (Fsp3) is 0.458. The van der Waals surface area contributed by atoms with E-state index < -0.39 is 0 Å². The minimum Gasteiger partial charge on any atom is -0.497 e. The molecule has 0 saturated carbocycles. The molecule has 1 aliphatic rings. The Labute approximate surface area is 193 Å². The zero-order chi connectivity index (χ0) is 22.2. The first-order valence-corrected chi connectivity index (χ1v) is 11.6. The number of carbonyl (C=O) groups is 1. The molecular formula is C24H31BrN2O4. The molecule has 1 aliphatic heterocycles. The molecule has 0 aliphatic carbocycles. The molecule has 0 aromatic heterocycles. The van der Waals surface area contributed by atoms with E-state index in [2.05, 4.69) is 38.3 Å². The summed E-state index contributed by atoms with van der Waals surface area (Å²) < 4.78 is 17.4. The largest absolute Gasteiger partial charge is 0.497 e. The van der Waals surface area contributed by atoms with Crippen LogP contribution in [0.5, 0.6) is 17.2 Å². The summed E-state index contributed by atoms with van der Waals surface area (Å²) in [5.74, 6) is 2.24. The quantitative estimate of drug-likeness (QED) is 0.557. The van der Waals surface area contributed by atoms with Crippen LogP contribution in [0.3, 0.4) is 0 Å². The molecular weight excluding hydrogens is 460 g/mol. The third-order valence-electron chi connectivity index (χ3n) is 5.36. The maximum absolute atomic E-state index is 12.7. The number of methoxy groups -OCH3 is 1. The number of rotatable bonds is 9. The monoisotopic (exact) mass is 490 g/mol. The Bertz CT molecular complexity index is 865. The van der Waals surface area contributed by atoms with Gasteiger partial charge < -0.3 is 24.4 Å². The van der Waals surface area contributed by atoms with Crippen molar-refractivity contribution in [1.82, 2.24) is 5.32 Å². The molecule has 31 heavy (non-hydrogen) atoms. The molecule has 0 spiro atoms. The number of ether oxygens (including phenoxy) is 3. The van der Waals surface area contributed by atoms with Gasteiger partial charge in [-0.05, 0) is 68.7 Å². The van der Waals surface area contributed by atoms with Gasteiger partial charge in [-0.3, -0.25) is 4.79 Å². The molecule has 3 rings (SSSR count). The molecule has 2 aromatic carbocycles. The van der Waals surface area contributed by atoms with Crippen LogP contribution < -0.4 is 24.4 Å². The Morgan fingerprint density at radius 1 is 1.06 bits per heavy atom. The normalized spacial score (nSPS) is 14.3. The van der Waals surface area contributed by atoms with Gasteiger partial charge in [0.05, 0.1) is 26.7 Å². The number of halogens is 1. The third kappa shape index (κ3) is 6.29. The number of anilines is 1. The summed E-state index contributed by atoms with van der Waals surface area (Å²) in [6.45, 7) is 6.80. The van der Waals surface area contributed by atoms with Crippen LogP contribution >= 0.6 is 15.9 Å². The van der Waals surface area contributed by atoms with E-state index >= 15 is 0 Å². The van der Waals surface area contributed by atoms with Crippen molar-refractivity contribution in [3.8, 4) is 17.2 Å². The van der Waals surface area contributed by atoms with E-state index in [0.717, 1.165) is 41.7 Å². The Morgan fingerprint density at radius 2 is 1.68 bits per heavy atom. The molecule has 1 saturated heterocycles. The second-order valence-electron chi connectivity index (χ2n) is 7.46. The van der Waals surface area contributed by atoms with Gasteiger partial charge in [0, 0.05) is 29.3 Å². The molecule has 168 valence electrons. The number of benzene rings is 2. The van der Waals surface area contributed by atoms with Gasteiger partial charge >= 0.3 is 0 Å². The SMILES string of the molecule is CCOc1cc(Br)c(CC(=O)NC2CCN(c3ccc(OC)cc3)CC2)cc1OCC. The van der Waals surface area contributed by atoms with Gasteiger partial charge in [-0.1, -0.05) is 15.9 Å². The predicted molar refractivity (Wildman–Crippen MR) is 127 cm³/mol. The number of amides is 1. The number of carbonyl (C=O) groups excluding carboxylic acids is 1. The predicted octanol–water partition coefficient (Wildman–Crippen LogP) is 4.58. The number of hydrogen-bond acceptors (Lipinski definition) is 5. The highest BCUT2D eigenvalue weighted by Gasteiger charge is 2.22. The first kappa shape index (κ1) is 23.3. The minimum absolute atomic E-state index is 0.0233. The minimum atomic E-state index is 0.0233. The van der Waals surface area contributed by atoms with Crippen LogP contribution in [0.2, 0.25) is 0 Å². The molecule has 1 amide bonds. The van der Waals surface area contributed by atoms with Gasteiger partial charge in [-0.2, -0.15) is 0 Å².